The molecule has 2 aromatic carbocycles. The van der Waals surface area contributed by atoms with Crippen molar-refractivity contribution in [2.75, 3.05) is 6.61 Å². The van der Waals surface area contributed by atoms with Gasteiger partial charge in [0.25, 0.3) is 0 Å². The van der Waals surface area contributed by atoms with E-state index in [1.165, 1.54) is 0 Å². The number of aromatic nitrogens is 1. The molecule has 0 spiro atoms. The van der Waals surface area contributed by atoms with Crippen molar-refractivity contribution in [2.45, 2.75) is 19.3 Å². The number of benzene rings is 2. The summed E-state index contributed by atoms with van der Waals surface area (Å²) in [6.07, 6.45) is 1.46. The SMILES string of the molecule is O=C(CCCCOc1c(Cl)cc(-c2nc3ccccc3s2)cc1Cl)NO. The van der Waals surface area contributed by atoms with Crippen LogP contribution in [0.1, 0.15) is 19.3 Å². The summed E-state index contributed by atoms with van der Waals surface area (Å²) in [6.45, 7) is 0.374. The highest BCUT2D eigenvalue weighted by molar-refractivity contribution is 7.21. The first kappa shape index (κ1) is 18.9. The van der Waals surface area contributed by atoms with E-state index in [1.807, 2.05) is 24.3 Å². The summed E-state index contributed by atoms with van der Waals surface area (Å²) < 4.78 is 6.76. The fraction of sp³-hybridized carbons (Fsp3) is 0.222. The number of ether oxygens (including phenoxy) is 1. The van der Waals surface area contributed by atoms with Gasteiger partial charge in [-0.3, -0.25) is 10.0 Å². The van der Waals surface area contributed by atoms with Gasteiger partial charge >= 0.3 is 0 Å². The monoisotopic (exact) mass is 410 g/mol. The molecule has 0 aliphatic heterocycles. The molecule has 0 atom stereocenters. The number of carbonyl (C=O) groups excluding carboxylic acids is 1. The number of hydroxylamine groups is 1. The van der Waals surface area contributed by atoms with Crippen molar-refractivity contribution in [3.05, 3.63) is 46.4 Å². The number of hydrogen-bond acceptors (Lipinski definition) is 5. The second kappa shape index (κ2) is 8.68. The second-order valence-corrected chi connectivity index (χ2v) is 7.44. The van der Waals surface area contributed by atoms with Gasteiger partial charge in [-0.05, 0) is 37.1 Å². The van der Waals surface area contributed by atoms with Crippen molar-refractivity contribution in [3.8, 4) is 16.3 Å². The van der Waals surface area contributed by atoms with E-state index >= 15 is 0 Å². The summed E-state index contributed by atoms with van der Waals surface area (Å²) in [6, 6.07) is 11.5. The third-order valence-electron chi connectivity index (χ3n) is 3.71. The van der Waals surface area contributed by atoms with Gasteiger partial charge in [-0.25, -0.2) is 10.5 Å². The van der Waals surface area contributed by atoms with E-state index < -0.39 is 5.91 Å². The molecule has 0 aliphatic rings. The largest absolute Gasteiger partial charge is 0.490 e. The first-order valence-electron chi connectivity index (χ1n) is 7.99. The zero-order valence-corrected chi connectivity index (χ0v) is 16.0. The lowest BCUT2D eigenvalue weighted by molar-refractivity contribution is -0.129. The van der Waals surface area contributed by atoms with Crippen LogP contribution in [0.3, 0.4) is 0 Å². The Hall–Kier alpha value is -1.86. The van der Waals surface area contributed by atoms with E-state index in [4.69, 9.17) is 33.1 Å². The molecule has 3 rings (SSSR count). The molecular weight excluding hydrogens is 395 g/mol. The normalized spacial score (nSPS) is 10.9. The molecule has 0 unspecified atom stereocenters. The van der Waals surface area contributed by atoms with E-state index in [0.717, 1.165) is 20.8 Å². The van der Waals surface area contributed by atoms with Gasteiger partial charge in [-0.1, -0.05) is 35.3 Å². The van der Waals surface area contributed by atoms with Crippen molar-refractivity contribution >= 4 is 50.7 Å². The lowest BCUT2D eigenvalue weighted by Crippen LogP contribution is -2.18. The Labute approximate surface area is 164 Å². The topological polar surface area (TPSA) is 71.5 Å². The average Bonchev–Trinajstić information content (AvgIpc) is 3.07. The van der Waals surface area contributed by atoms with E-state index in [-0.39, 0.29) is 6.42 Å². The standard InChI is InChI=1S/C18H16Cl2N2O3S/c19-12-9-11(18-21-14-5-1-2-6-15(14)26-18)10-13(20)17(12)25-8-4-3-7-16(23)22-24/h1-2,5-6,9-10,24H,3-4,7-8H2,(H,22,23). The molecule has 1 aromatic heterocycles. The molecule has 136 valence electrons. The molecule has 0 fully saturated rings. The van der Waals surface area contributed by atoms with Crippen LogP contribution in [0.15, 0.2) is 36.4 Å². The molecule has 26 heavy (non-hydrogen) atoms. The number of unbranched alkanes of at least 4 members (excludes halogenated alkanes) is 1. The van der Waals surface area contributed by atoms with Crippen LogP contribution in [-0.2, 0) is 4.79 Å². The molecule has 0 aliphatic carbocycles. The summed E-state index contributed by atoms with van der Waals surface area (Å²) in [5.74, 6) is 0.00561. The van der Waals surface area contributed by atoms with Gasteiger partial charge < -0.3 is 4.74 Å². The molecule has 8 heteroatoms. The highest BCUT2D eigenvalue weighted by atomic mass is 35.5. The molecule has 0 saturated heterocycles. The van der Waals surface area contributed by atoms with Crippen molar-refractivity contribution in [1.29, 1.82) is 0 Å². The van der Waals surface area contributed by atoms with E-state index in [1.54, 1.807) is 28.9 Å². The Balaban J connectivity index is 1.69. The van der Waals surface area contributed by atoms with Crippen LogP contribution in [0.2, 0.25) is 10.0 Å². The lowest BCUT2D eigenvalue weighted by atomic mass is 10.2. The van der Waals surface area contributed by atoms with Crippen LogP contribution in [0, 0.1) is 0 Å². The van der Waals surface area contributed by atoms with Gasteiger partial charge in [0.05, 0.1) is 26.9 Å². The van der Waals surface area contributed by atoms with Gasteiger partial charge in [0.2, 0.25) is 5.91 Å². The van der Waals surface area contributed by atoms with Crippen molar-refractivity contribution in [1.82, 2.24) is 10.5 Å². The lowest BCUT2D eigenvalue weighted by Gasteiger charge is -2.11. The third kappa shape index (κ3) is 4.45. The number of para-hydroxylation sites is 1. The van der Waals surface area contributed by atoms with Crippen molar-refractivity contribution in [2.24, 2.45) is 0 Å². The van der Waals surface area contributed by atoms with Gasteiger partial charge in [-0.15, -0.1) is 11.3 Å². The number of nitrogens with zero attached hydrogens (tertiary/aromatic N) is 1. The Morgan fingerprint density at radius 2 is 1.92 bits per heavy atom. The zero-order chi connectivity index (χ0) is 18.5. The molecule has 5 nitrogen and oxygen atoms in total. The summed E-state index contributed by atoms with van der Waals surface area (Å²) in [5, 5.41) is 10.1. The highest BCUT2D eigenvalue weighted by Gasteiger charge is 2.13. The van der Waals surface area contributed by atoms with Crippen LogP contribution in [0.25, 0.3) is 20.8 Å². The minimum Gasteiger partial charge on any atom is -0.490 e. The summed E-state index contributed by atoms with van der Waals surface area (Å²) in [4.78, 5) is 15.5. The van der Waals surface area contributed by atoms with E-state index in [2.05, 4.69) is 4.98 Å². The minimum absolute atomic E-state index is 0.234. The fourth-order valence-corrected chi connectivity index (χ4v) is 3.98. The average molecular weight is 411 g/mol. The number of rotatable bonds is 7. The summed E-state index contributed by atoms with van der Waals surface area (Å²) >= 11 is 14.3. The number of thiazole rings is 1. The fourth-order valence-electron chi connectivity index (χ4n) is 2.43. The highest BCUT2D eigenvalue weighted by Crippen LogP contribution is 2.39. The van der Waals surface area contributed by atoms with E-state index in [0.29, 0.717) is 35.2 Å². The van der Waals surface area contributed by atoms with Crippen LogP contribution in [-0.4, -0.2) is 22.7 Å². The maximum atomic E-state index is 10.9. The van der Waals surface area contributed by atoms with Crippen molar-refractivity contribution in [3.63, 3.8) is 0 Å². The zero-order valence-electron chi connectivity index (χ0n) is 13.7. The maximum Gasteiger partial charge on any atom is 0.243 e. The predicted octanol–water partition coefficient (Wildman–Crippen LogP) is 5.32. The summed E-state index contributed by atoms with van der Waals surface area (Å²) in [7, 11) is 0. The number of hydrogen-bond donors (Lipinski definition) is 2. The molecule has 1 amide bonds. The quantitative estimate of drug-likeness (QED) is 0.313. The smallest absolute Gasteiger partial charge is 0.243 e. The number of amides is 1. The van der Waals surface area contributed by atoms with Gasteiger partial charge in [0.15, 0.2) is 5.75 Å². The number of halogens is 2. The maximum absolute atomic E-state index is 10.9. The molecule has 1 heterocycles. The number of fused-ring (bicyclic) bond motifs is 1. The van der Waals surface area contributed by atoms with Crippen LogP contribution in [0.5, 0.6) is 5.75 Å². The number of carbonyl (C=O) groups is 1. The number of nitrogens with one attached hydrogen (secondary N) is 1. The van der Waals surface area contributed by atoms with Crippen LogP contribution in [0.4, 0.5) is 0 Å². The molecule has 0 radical (unpaired) electrons. The Bertz CT molecular complexity index is 874. The molecule has 0 saturated carbocycles. The second-order valence-electron chi connectivity index (χ2n) is 5.60. The Kier molecular flexibility index (Phi) is 6.32. The third-order valence-corrected chi connectivity index (χ3v) is 5.36. The van der Waals surface area contributed by atoms with Gasteiger partial charge in [0, 0.05) is 12.0 Å². The minimum atomic E-state index is -0.416. The van der Waals surface area contributed by atoms with Crippen molar-refractivity contribution < 1.29 is 14.7 Å². The van der Waals surface area contributed by atoms with Crippen LogP contribution >= 0.6 is 34.5 Å². The molecule has 0 bridgehead atoms. The first-order chi connectivity index (χ1) is 12.6. The molecule has 2 N–H and O–H groups in total. The molecule has 3 aromatic rings. The Morgan fingerprint density at radius 1 is 1.19 bits per heavy atom. The van der Waals surface area contributed by atoms with Gasteiger partial charge in [0.1, 0.15) is 5.01 Å². The molecular formula is C18H16Cl2N2O3S. The first-order valence-corrected chi connectivity index (χ1v) is 9.56. The predicted molar refractivity (Wildman–Crippen MR) is 104 cm³/mol. The van der Waals surface area contributed by atoms with Gasteiger partial charge in [-0.2, -0.15) is 0 Å². The van der Waals surface area contributed by atoms with Crippen LogP contribution < -0.4 is 10.2 Å². The van der Waals surface area contributed by atoms with E-state index in [9.17, 15) is 4.79 Å². The summed E-state index contributed by atoms with van der Waals surface area (Å²) in [5.41, 5.74) is 3.37. The Morgan fingerprint density at radius 3 is 2.62 bits per heavy atom.